The van der Waals surface area contributed by atoms with Gasteiger partial charge in [0.15, 0.2) is 5.16 Å². The van der Waals surface area contributed by atoms with Crippen molar-refractivity contribution in [2.45, 2.75) is 18.6 Å². The van der Waals surface area contributed by atoms with Gasteiger partial charge in [-0.15, -0.1) is 21.5 Å². The topological polar surface area (TPSA) is 81.9 Å². The molecule has 0 saturated carbocycles. The maximum absolute atomic E-state index is 12.3. The second kappa shape index (κ2) is 8.93. The number of hydrogen-bond donors (Lipinski definition) is 1. The lowest BCUT2D eigenvalue weighted by Gasteiger charge is -2.07. The summed E-state index contributed by atoms with van der Waals surface area (Å²) in [4.78, 5) is 16.7. The van der Waals surface area contributed by atoms with Gasteiger partial charge >= 0.3 is 0 Å². The first-order valence-corrected chi connectivity index (χ1v) is 9.84. The van der Waals surface area contributed by atoms with E-state index in [-0.39, 0.29) is 11.7 Å². The third kappa shape index (κ3) is 4.90. The number of hydrogen-bond acceptors (Lipinski definition) is 7. The second-order valence-corrected chi connectivity index (χ2v) is 7.47. The molecule has 0 unspecified atom stereocenters. The van der Waals surface area contributed by atoms with Gasteiger partial charge in [0.2, 0.25) is 5.91 Å². The molecule has 0 aliphatic rings. The van der Waals surface area contributed by atoms with Gasteiger partial charge in [-0.3, -0.25) is 4.79 Å². The van der Waals surface area contributed by atoms with E-state index in [0.29, 0.717) is 18.3 Å². The van der Waals surface area contributed by atoms with E-state index in [0.717, 1.165) is 22.0 Å². The van der Waals surface area contributed by atoms with Gasteiger partial charge in [-0.1, -0.05) is 23.9 Å². The molecule has 2 heterocycles. The van der Waals surface area contributed by atoms with E-state index in [1.54, 1.807) is 24.8 Å². The van der Waals surface area contributed by atoms with Gasteiger partial charge in [-0.05, 0) is 19.1 Å². The van der Waals surface area contributed by atoms with Crippen molar-refractivity contribution in [3.8, 4) is 11.3 Å². The Kier molecular flexibility index (Phi) is 6.37. The van der Waals surface area contributed by atoms with Crippen molar-refractivity contribution in [2.24, 2.45) is 0 Å². The van der Waals surface area contributed by atoms with Crippen molar-refractivity contribution in [2.75, 3.05) is 24.8 Å². The summed E-state index contributed by atoms with van der Waals surface area (Å²) in [5.41, 5.74) is 2.66. The molecule has 1 aromatic carbocycles. The number of aryl methyl sites for hydroxylation is 1. The summed E-state index contributed by atoms with van der Waals surface area (Å²) in [5.74, 6) is 0.161. The predicted octanol–water partition coefficient (Wildman–Crippen LogP) is 3.09. The van der Waals surface area contributed by atoms with E-state index in [4.69, 9.17) is 4.74 Å². The summed E-state index contributed by atoms with van der Waals surface area (Å²) in [6, 6.07) is 7.69. The molecular formula is C17H19N5O2S2. The second-order valence-electron chi connectivity index (χ2n) is 5.47. The Balaban J connectivity index is 1.58. The molecule has 0 radical (unpaired) electrons. The molecule has 1 N–H and O–H groups in total. The fourth-order valence-electron chi connectivity index (χ4n) is 2.28. The summed E-state index contributed by atoms with van der Waals surface area (Å²) in [5, 5.41) is 14.6. The number of nitrogens with one attached hydrogen (secondary N) is 1. The van der Waals surface area contributed by atoms with Crippen molar-refractivity contribution in [1.29, 1.82) is 0 Å². The maximum Gasteiger partial charge on any atom is 0.234 e. The number of amides is 1. The van der Waals surface area contributed by atoms with E-state index >= 15 is 0 Å². The van der Waals surface area contributed by atoms with Gasteiger partial charge in [0.25, 0.3) is 0 Å². The quantitative estimate of drug-likeness (QED) is 0.596. The SMILES string of the molecule is COCCn1cnnc1SCC(=O)Nc1cccc(-c2csc(C)n2)c1. The molecule has 0 aliphatic heterocycles. The number of carbonyl (C=O) groups is 1. The van der Waals surface area contributed by atoms with Crippen LogP contribution in [-0.2, 0) is 16.1 Å². The number of thiazole rings is 1. The minimum Gasteiger partial charge on any atom is -0.383 e. The summed E-state index contributed by atoms with van der Waals surface area (Å²) < 4.78 is 6.92. The lowest BCUT2D eigenvalue weighted by atomic mass is 10.1. The Labute approximate surface area is 159 Å². The Hall–Kier alpha value is -2.23. The molecule has 2 aromatic heterocycles. The molecule has 0 fully saturated rings. The lowest BCUT2D eigenvalue weighted by Crippen LogP contribution is -2.15. The van der Waals surface area contributed by atoms with Crippen molar-refractivity contribution in [1.82, 2.24) is 19.7 Å². The van der Waals surface area contributed by atoms with Crippen molar-refractivity contribution in [3.63, 3.8) is 0 Å². The molecule has 0 spiro atoms. The zero-order valence-electron chi connectivity index (χ0n) is 14.5. The number of methoxy groups -OCH3 is 1. The number of anilines is 1. The number of aromatic nitrogens is 4. The van der Waals surface area contributed by atoms with Crippen LogP contribution in [-0.4, -0.2) is 45.1 Å². The number of nitrogens with zero attached hydrogens (tertiary/aromatic N) is 4. The van der Waals surface area contributed by atoms with Crippen LogP contribution in [0.15, 0.2) is 41.1 Å². The highest BCUT2D eigenvalue weighted by atomic mass is 32.2. The van der Waals surface area contributed by atoms with Crippen LogP contribution in [0, 0.1) is 6.92 Å². The van der Waals surface area contributed by atoms with Crippen LogP contribution < -0.4 is 5.32 Å². The van der Waals surface area contributed by atoms with Crippen LogP contribution in [0.3, 0.4) is 0 Å². The first-order chi connectivity index (χ1) is 12.7. The Morgan fingerprint density at radius 3 is 3.08 bits per heavy atom. The summed E-state index contributed by atoms with van der Waals surface area (Å²) in [7, 11) is 1.64. The number of carbonyl (C=O) groups excluding carboxylic acids is 1. The van der Waals surface area contributed by atoms with Crippen LogP contribution >= 0.6 is 23.1 Å². The average Bonchev–Trinajstić information content (AvgIpc) is 3.27. The molecule has 3 aromatic rings. The van der Waals surface area contributed by atoms with E-state index in [9.17, 15) is 4.79 Å². The molecule has 0 bridgehead atoms. The van der Waals surface area contributed by atoms with Gasteiger partial charge in [0.05, 0.1) is 23.1 Å². The smallest absolute Gasteiger partial charge is 0.234 e. The predicted molar refractivity (Wildman–Crippen MR) is 104 cm³/mol. The molecular weight excluding hydrogens is 370 g/mol. The first-order valence-electron chi connectivity index (χ1n) is 7.97. The molecule has 3 rings (SSSR count). The molecule has 7 nitrogen and oxygen atoms in total. The number of ether oxygens (including phenoxy) is 1. The van der Waals surface area contributed by atoms with Gasteiger partial charge in [-0.25, -0.2) is 4.98 Å². The normalized spacial score (nSPS) is 10.8. The van der Waals surface area contributed by atoms with Crippen LogP contribution in [0.1, 0.15) is 5.01 Å². The lowest BCUT2D eigenvalue weighted by molar-refractivity contribution is -0.113. The van der Waals surface area contributed by atoms with E-state index in [2.05, 4.69) is 20.5 Å². The summed E-state index contributed by atoms with van der Waals surface area (Å²) in [6.07, 6.45) is 1.64. The van der Waals surface area contributed by atoms with Gasteiger partial charge < -0.3 is 14.6 Å². The highest BCUT2D eigenvalue weighted by Gasteiger charge is 2.10. The van der Waals surface area contributed by atoms with Crippen LogP contribution in [0.2, 0.25) is 0 Å². The van der Waals surface area contributed by atoms with Gasteiger partial charge in [-0.2, -0.15) is 0 Å². The minimum absolute atomic E-state index is 0.0945. The summed E-state index contributed by atoms with van der Waals surface area (Å²) >= 11 is 2.95. The molecule has 1 amide bonds. The monoisotopic (exact) mass is 389 g/mol. The first kappa shape index (κ1) is 18.6. The third-order valence-corrected chi connectivity index (χ3v) is 5.26. The summed E-state index contributed by atoms with van der Waals surface area (Å²) in [6.45, 7) is 3.20. The molecule has 26 heavy (non-hydrogen) atoms. The maximum atomic E-state index is 12.3. The van der Waals surface area contributed by atoms with Crippen LogP contribution in [0.25, 0.3) is 11.3 Å². The highest BCUT2D eigenvalue weighted by molar-refractivity contribution is 7.99. The van der Waals surface area contributed by atoms with Crippen LogP contribution in [0.5, 0.6) is 0 Å². The average molecular weight is 390 g/mol. The van der Waals surface area contributed by atoms with Crippen molar-refractivity contribution in [3.05, 3.63) is 41.0 Å². The third-order valence-electron chi connectivity index (χ3n) is 3.51. The van der Waals surface area contributed by atoms with E-state index in [1.165, 1.54) is 11.8 Å². The van der Waals surface area contributed by atoms with Gasteiger partial charge in [0, 0.05) is 30.3 Å². The zero-order valence-corrected chi connectivity index (χ0v) is 16.1. The Morgan fingerprint density at radius 2 is 2.31 bits per heavy atom. The molecule has 0 saturated heterocycles. The molecule has 136 valence electrons. The number of thioether (sulfide) groups is 1. The van der Waals surface area contributed by atoms with Gasteiger partial charge in [0.1, 0.15) is 6.33 Å². The largest absolute Gasteiger partial charge is 0.383 e. The molecule has 0 atom stereocenters. The zero-order chi connectivity index (χ0) is 18.4. The van der Waals surface area contributed by atoms with Crippen molar-refractivity contribution < 1.29 is 9.53 Å². The Bertz CT molecular complexity index is 877. The van der Waals surface area contributed by atoms with E-state index in [1.807, 2.05) is 41.1 Å². The highest BCUT2D eigenvalue weighted by Crippen LogP contribution is 2.24. The van der Waals surface area contributed by atoms with E-state index < -0.39 is 0 Å². The minimum atomic E-state index is -0.0945. The fourth-order valence-corrected chi connectivity index (χ4v) is 3.64. The standard InChI is InChI=1S/C17H19N5O2S2/c1-12-19-15(9-25-12)13-4-3-5-14(8-13)20-16(23)10-26-17-21-18-11-22(17)6-7-24-2/h3-5,8-9,11H,6-7,10H2,1-2H3,(H,20,23). The molecule has 0 aliphatic carbocycles. The molecule has 9 heteroatoms. The van der Waals surface area contributed by atoms with Crippen LogP contribution in [0.4, 0.5) is 5.69 Å². The fraction of sp³-hybridized carbons (Fsp3) is 0.294. The number of benzene rings is 1. The number of rotatable bonds is 8. The Morgan fingerprint density at radius 1 is 1.42 bits per heavy atom. The van der Waals surface area contributed by atoms with Crippen molar-refractivity contribution >= 4 is 34.7 Å².